The molecule has 0 aliphatic heterocycles. The van der Waals surface area contributed by atoms with Crippen molar-refractivity contribution >= 4 is 36.7 Å². The molecule has 0 spiro atoms. The summed E-state index contributed by atoms with van der Waals surface area (Å²) < 4.78 is 90.9. The largest absolute Gasteiger partial charge is 0.382 e. The molecule has 5 rings (SSSR count). The second-order valence-corrected chi connectivity index (χ2v) is 13.8. The molecule has 13 heteroatoms. The highest BCUT2D eigenvalue weighted by Gasteiger charge is 2.65. The molecule has 0 amide bonds. The molecule has 1 aliphatic carbocycles. The van der Waals surface area contributed by atoms with E-state index in [4.69, 9.17) is 0 Å². The van der Waals surface area contributed by atoms with E-state index in [1.807, 2.05) is 6.07 Å². The zero-order chi connectivity index (χ0) is 26.5. The first-order valence-electron chi connectivity index (χ1n) is 11.4. The number of benzene rings is 2. The highest BCUT2D eigenvalue weighted by Crippen LogP contribution is 3.02. The molecule has 0 bridgehead atoms. The molecule has 1 fully saturated rings. The molecule has 0 saturated heterocycles. The molecule has 1 aliphatic rings. The van der Waals surface area contributed by atoms with Gasteiger partial charge >= 0.3 is 10.2 Å². The number of pyridine rings is 1. The van der Waals surface area contributed by atoms with Crippen molar-refractivity contribution in [1.29, 1.82) is 0 Å². The van der Waals surface area contributed by atoms with Crippen molar-refractivity contribution in [2.24, 2.45) is 0 Å². The standard InChI is InChI=1S/C24H23F5N4O2S2/c25-37(26,27,28,29)22-11-5-19(6-12-22)32-18-3-9-21(10-4-18)36(34,35)20-7-1-16(2-8-20)23-13-17-14-31-33-24(17)15-30-23/h1-2,5-8,11-15,18,21,32H,3-4,9-10H2,(H,31,33). The number of rotatable bonds is 6. The molecular weight excluding hydrogens is 535 g/mol. The van der Waals surface area contributed by atoms with E-state index in [2.05, 4.69) is 20.5 Å². The average Bonchev–Trinajstić information content (AvgIpc) is 3.31. The Morgan fingerprint density at radius 3 is 2.14 bits per heavy atom. The summed E-state index contributed by atoms with van der Waals surface area (Å²) in [5.74, 6) is 0. The summed E-state index contributed by atoms with van der Waals surface area (Å²) in [6.45, 7) is 0. The second-order valence-electron chi connectivity index (χ2n) is 9.21. The zero-order valence-electron chi connectivity index (χ0n) is 19.3. The van der Waals surface area contributed by atoms with E-state index >= 15 is 0 Å². The Labute approximate surface area is 210 Å². The van der Waals surface area contributed by atoms with Gasteiger partial charge in [-0.25, -0.2) is 8.42 Å². The fourth-order valence-corrected chi connectivity index (χ4v) is 7.01. The third-order valence-corrected chi connectivity index (χ3v) is 10.0. The van der Waals surface area contributed by atoms with E-state index in [-0.39, 0.29) is 16.6 Å². The number of anilines is 1. The van der Waals surface area contributed by atoms with Crippen LogP contribution in [0, 0.1) is 0 Å². The van der Waals surface area contributed by atoms with E-state index in [1.54, 1.807) is 36.7 Å². The molecule has 2 aromatic heterocycles. The normalized spacial score (nSPS) is 20.8. The smallest absolute Gasteiger partial charge is 0.310 e. The van der Waals surface area contributed by atoms with Gasteiger partial charge < -0.3 is 5.32 Å². The van der Waals surface area contributed by atoms with Gasteiger partial charge in [0, 0.05) is 22.7 Å². The van der Waals surface area contributed by atoms with Crippen LogP contribution in [0.1, 0.15) is 25.7 Å². The van der Waals surface area contributed by atoms with Crippen LogP contribution in [-0.2, 0) is 9.84 Å². The van der Waals surface area contributed by atoms with Crippen LogP contribution in [0.2, 0.25) is 0 Å². The second kappa shape index (κ2) is 8.15. The minimum atomic E-state index is -9.71. The first kappa shape index (κ1) is 25.5. The van der Waals surface area contributed by atoms with Crippen LogP contribution in [0.15, 0.2) is 76.8 Å². The number of hydrogen-bond acceptors (Lipinski definition) is 5. The maximum Gasteiger partial charge on any atom is 0.310 e. The van der Waals surface area contributed by atoms with Crippen LogP contribution in [0.25, 0.3) is 22.2 Å². The lowest BCUT2D eigenvalue weighted by Crippen LogP contribution is -2.32. The van der Waals surface area contributed by atoms with Gasteiger partial charge in [-0.05, 0) is 68.1 Å². The number of aromatic nitrogens is 3. The van der Waals surface area contributed by atoms with Crippen molar-refractivity contribution in [3.63, 3.8) is 0 Å². The van der Waals surface area contributed by atoms with Gasteiger partial charge in [0.25, 0.3) is 0 Å². The van der Waals surface area contributed by atoms with Crippen molar-refractivity contribution in [2.75, 3.05) is 5.32 Å². The number of sulfone groups is 1. The van der Waals surface area contributed by atoms with Gasteiger partial charge in [0.05, 0.1) is 33.7 Å². The minimum Gasteiger partial charge on any atom is -0.382 e. The molecule has 0 unspecified atom stereocenters. The third kappa shape index (κ3) is 5.42. The molecule has 2 aromatic carbocycles. The van der Waals surface area contributed by atoms with E-state index in [0.29, 0.717) is 43.5 Å². The summed E-state index contributed by atoms with van der Waals surface area (Å²) >= 11 is 0. The Balaban J connectivity index is 1.22. The van der Waals surface area contributed by atoms with Gasteiger partial charge in [0.1, 0.15) is 4.90 Å². The number of fused-ring (bicyclic) bond motifs is 1. The summed E-state index contributed by atoms with van der Waals surface area (Å²) in [5, 5.41) is 10.1. The number of nitrogens with zero attached hydrogens (tertiary/aromatic N) is 2. The maximum atomic E-state index is 13.2. The van der Waals surface area contributed by atoms with Crippen molar-refractivity contribution in [3.8, 4) is 11.3 Å². The highest BCUT2D eigenvalue weighted by molar-refractivity contribution is 8.45. The molecule has 37 heavy (non-hydrogen) atoms. The fraction of sp³-hybridized carbons (Fsp3) is 0.250. The third-order valence-electron chi connectivity index (χ3n) is 6.59. The van der Waals surface area contributed by atoms with Crippen LogP contribution in [0.4, 0.5) is 25.1 Å². The molecule has 2 N–H and O–H groups in total. The molecule has 0 radical (unpaired) electrons. The predicted molar refractivity (Wildman–Crippen MR) is 134 cm³/mol. The van der Waals surface area contributed by atoms with Crippen molar-refractivity contribution < 1.29 is 27.8 Å². The van der Waals surface area contributed by atoms with Crippen molar-refractivity contribution in [3.05, 3.63) is 67.0 Å². The summed E-state index contributed by atoms with van der Waals surface area (Å²) in [5.41, 5.74) is 2.54. The molecule has 4 aromatic rings. The Hall–Kier alpha value is -3.19. The Morgan fingerprint density at radius 1 is 0.865 bits per heavy atom. The Kier molecular flexibility index (Phi) is 5.61. The quantitative estimate of drug-likeness (QED) is 0.240. The molecule has 2 heterocycles. The maximum absolute atomic E-state index is 13.2. The van der Waals surface area contributed by atoms with Gasteiger partial charge in [-0.2, -0.15) is 5.10 Å². The number of H-pyrrole nitrogens is 1. The average molecular weight is 559 g/mol. The summed E-state index contributed by atoms with van der Waals surface area (Å²) in [6.07, 6.45) is 5.02. The van der Waals surface area contributed by atoms with E-state index in [0.717, 1.165) is 28.6 Å². The summed E-state index contributed by atoms with van der Waals surface area (Å²) in [7, 11) is -13.3. The predicted octanol–water partition coefficient (Wildman–Crippen LogP) is 7.48. The lowest BCUT2D eigenvalue weighted by molar-refractivity contribution is 0.364. The van der Waals surface area contributed by atoms with Crippen molar-refractivity contribution in [2.45, 2.75) is 46.8 Å². The van der Waals surface area contributed by atoms with Gasteiger partial charge in [-0.15, -0.1) is 0 Å². The molecule has 198 valence electrons. The van der Waals surface area contributed by atoms with E-state index in [9.17, 15) is 27.8 Å². The van der Waals surface area contributed by atoms with E-state index < -0.39 is 30.2 Å². The molecule has 6 nitrogen and oxygen atoms in total. The van der Waals surface area contributed by atoms with Crippen LogP contribution in [-0.4, -0.2) is 34.9 Å². The SMILES string of the molecule is O=S(=O)(c1ccc(-c2cc3cn[nH]c3cn2)cc1)C1CCC(Nc2ccc(S(F)(F)(F)(F)F)cc2)CC1. The number of halogens is 5. The summed E-state index contributed by atoms with van der Waals surface area (Å²) in [6, 6.07) is 10.9. The number of nitrogens with one attached hydrogen (secondary N) is 2. The highest BCUT2D eigenvalue weighted by atomic mass is 32.5. The van der Waals surface area contributed by atoms with Crippen molar-refractivity contribution in [1.82, 2.24) is 15.2 Å². The van der Waals surface area contributed by atoms with Crippen LogP contribution < -0.4 is 5.32 Å². The lowest BCUT2D eigenvalue weighted by atomic mass is 9.95. The van der Waals surface area contributed by atoms with Gasteiger partial charge in [-0.3, -0.25) is 10.1 Å². The molecule has 1 saturated carbocycles. The Bertz CT molecular complexity index is 1550. The first-order chi connectivity index (χ1) is 17.2. The Morgan fingerprint density at radius 2 is 1.51 bits per heavy atom. The first-order valence-corrected chi connectivity index (χ1v) is 14.9. The monoisotopic (exact) mass is 558 g/mol. The van der Waals surface area contributed by atoms with Gasteiger partial charge in [0.15, 0.2) is 9.84 Å². The lowest BCUT2D eigenvalue weighted by Gasteiger charge is -2.40. The fourth-order valence-electron chi connectivity index (χ4n) is 4.57. The molecular formula is C24H23F5N4O2S2. The summed E-state index contributed by atoms with van der Waals surface area (Å²) in [4.78, 5) is 2.65. The van der Waals surface area contributed by atoms with Crippen LogP contribution in [0.3, 0.4) is 0 Å². The van der Waals surface area contributed by atoms with Gasteiger partial charge in [-0.1, -0.05) is 31.6 Å². The van der Waals surface area contributed by atoms with Gasteiger partial charge in [0.2, 0.25) is 0 Å². The minimum absolute atomic E-state index is 0.177. The van der Waals surface area contributed by atoms with E-state index in [1.165, 1.54) is 0 Å². The molecule has 0 atom stereocenters. The van der Waals surface area contributed by atoms with Crippen LogP contribution >= 0.6 is 10.2 Å². The number of hydrogen-bond donors (Lipinski definition) is 2. The zero-order valence-corrected chi connectivity index (χ0v) is 20.9. The topological polar surface area (TPSA) is 87.7 Å². The number of aromatic amines is 1. The van der Waals surface area contributed by atoms with Crippen LogP contribution in [0.5, 0.6) is 0 Å².